The lowest BCUT2D eigenvalue weighted by Crippen LogP contribution is -2.23. The number of benzene rings is 4. The van der Waals surface area contributed by atoms with Gasteiger partial charge in [0, 0.05) is 35.5 Å². The quantitative estimate of drug-likeness (QED) is 0.0268. The molecule has 0 amide bonds. The van der Waals surface area contributed by atoms with Gasteiger partial charge in [-0.05, 0) is 184 Å². The van der Waals surface area contributed by atoms with Crippen LogP contribution < -0.4 is 0 Å². The highest BCUT2D eigenvalue weighted by Crippen LogP contribution is 2.11. The molecule has 0 saturated carbocycles. The minimum Gasteiger partial charge on any atom is -0.478 e. The Labute approximate surface area is 535 Å². The molecule has 488 valence electrons. The molecule has 0 radical (unpaired) electrons. The summed E-state index contributed by atoms with van der Waals surface area (Å²) in [5.41, 5.74) is -0.213. The molecule has 0 aliphatic carbocycles. The first-order valence-corrected chi connectivity index (χ1v) is 27.6. The molecule has 0 fully saturated rings. The fourth-order valence-electron chi connectivity index (χ4n) is 5.11. The van der Waals surface area contributed by atoms with E-state index < -0.39 is 99.8 Å². The number of aliphatic hydroxyl groups excluding tert-OH is 1. The zero-order valence-electron chi connectivity index (χ0n) is 53.5. The largest absolute Gasteiger partial charge is 0.478 e. The molecule has 4 unspecified atom stereocenters. The molecule has 0 bridgehead atoms. The molecular formula is C70H87ClO19. The Morgan fingerprint density at radius 3 is 1.03 bits per heavy atom. The third-order valence-corrected chi connectivity index (χ3v) is 8.61. The van der Waals surface area contributed by atoms with E-state index in [1.165, 1.54) is 32.1 Å². The third-order valence-electron chi connectivity index (χ3n) is 8.39. The van der Waals surface area contributed by atoms with Gasteiger partial charge in [-0.15, -0.1) is 6.42 Å². The number of halogens is 1. The van der Waals surface area contributed by atoms with Crippen molar-refractivity contribution in [3.8, 4) is 36.0 Å². The van der Waals surface area contributed by atoms with E-state index in [-0.39, 0.29) is 7.43 Å². The Morgan fingerprint density at radius 1 is 0.478 bits per heavy atom. The summed E-state index contributed by atoms with van der Waals surface area (Å²) in [7, 11) is 0. The van der Waals surface area contributed by atoms with Crippen molar-refractivity contribution >= 4 is 70.9 Å². The predicted molar refractivity (Wildman–Crippen MR) is 344 cm³/mol. The molecule has 0 saturated heterocycles. The van der Waals surface area contributed by atoms with Crippen molar-refractivity contribution in [3.05, 3.63) is 168 Å². The van der Waals surface area contributed by atoms with Crippen LogP contribution in [0, 0.1) is 36.0 Å². The average Bonchev–Trinajstić information content (AvgIpc) is 3.59. The SMILES string of the molecule is C.C#CC(=O)OC(C)(C)C.CC(/C=C\C(=O)O)OC(=O)c1ccccc1.CC(/C=C\C(=O)OC(C)(C)C)OC(=O)c1ccccc1.CC(C#CC(=O)OC(C)(C)C)OC(=O)c1ccccc1.CC(O)C#CC(=O)OC(C)(C)C.CC=O.O=C(Cl)c1ccccc1. The topological polar surface area (TPSA) is 276 Å². The summed E-state index contributed by atoms with van der Waals surface area (Å²) >= 11 is 5.16. The molecule has 4 aromatic carbocycles. The van der Waals surface area contributed by atoms with Crippen molar-refractivity contribution in [1.82, 2.24) is 0 Å². The first-order valence-electron chi connectivity index (χ1n) is 27.3. The van der Waals surface area contributed by atoms with Crippen LogP contribution in [0.15, 0.2) is 146 Å². The van der Waals surface area contributed by atoms with Crippen LogP contribution in [0.5, 0.6) is 0 Å². The van der Waals surface area contributed by atoms with E-state index in [1.54, 1.807) is 207 Å². The summed E-state index contributed by atoms with van der Waals surface area (Å²) in [6.45, 7) is 29.0. The van der Waals surface area contributed by atoms with Crippen molar-refractivity contribution in [3.63, 3.8) is 0 Å². The number of ether oxygens (including phenoxy) is 7. The van der Waals surface area contributed by atoms with Crippen molar-refractivity contribution in [2.75, 3.05) is 0 Å². The number of rotatable bonds is 11. The molecule has 0 spiro atoms. The molecular weight excluding hydrogens is 1180 g/mol. The molecule has 20 heteroatoms. The lowest BCUT2D eigenvalue weighted by atomic mass is 10.2. The maximum atomic E-state index is 11.8. The second-order valence-electron chi connectivity index (χ2n) is 21.7. The lowest BCUT2D eigenvalue weighted by Gasteiger charge is -2.18. The second kappa shape index (κ2) is 46.5. The number of carboxylic acids is 1. The Bertz CT molecular complexity index is 3060. The van der Waals surface area contributed by atoms with Crippen LogP contribution in [0.1, 0.15) is 167 Å². The van der Waals surface area contributed by atoms with Crippen LogP contribution in [-0.4, -0.2) is 116 Å². The van der Waals surface area contributed by atoms with Crippen LogP contribution in [0.3, 0.4) is 0 Å². The van der Waals surface area contributed by atoms with Gasteiger partial charge in [0.1, 0.15) is 47.0 Å². The van der Waals surface area contributed by atoms with Crippen molar-refractivity contribution in [2.24, 2.45) is 0 Å². The van der Waals surface area contributed by atoms with Gasteiger partial charge in [0.05, 0.1) is 16.7 Å². The van der Waals surface area contributed by atoms with E-state index in [9.17, 15) is 43.2 Å². The summed E-state index contributed by atoms with van der Waals surface area (Å²) in [6.07, 6.45) is 7.98. The number of carbonyl (C=O) groups excluding carboxylic acids is 9. The number of hydrogen-bond acceptors (Lipinski definition) is 18. The van der Waals surface area contributed by atoms with Crippen LogP contribution in [0.2, 0.25) is 0 Å². The van der Waals surface area contributed by atoms with Crippen molar-refractivity contribution in [1.29, 1.82) is 0 Å². The van der Waals surface area contributed by atoms with E-state index in [1.807, 2.05) is 24.1 Å². The number of terminal acetylenes is 1. The molecule has 0 aromatic heterocycles. The van der Waals surface area contributed by atoms with Crippen LogP contribution in [0.25, 0.3) is 0 Å². The summed E-state index contributed by atoms with van der Waals surface area (Å²) in [4.78, 5) is 109. The highest BCUT2D eigenvalue weighted by molar-refractivity contribution is 6.67. The van der Waals surface area contributed by atoms with Crippen LogP contribution in [-0.2, 0) is 61.9 Å². The monoisotopic (exact) mass is 1270 g/mol. The van der Waals surface area contributed by atoms with E-state index in [2.05, 4.69) is 23.7 Å². The van der Waals surface area contributed by atoms with Gasteiger partial charge >= 0.3 is 47.8 Å². The van der Waals surface area contributed by atoms with E-state index in [0.29, 0.717) is 22.3 Å². The van der Waals surface area contributed by atoms with Gasteiger partial charge in [0.15, 0.2) is 6.10 Å². The normalized spacial score (nSPS) is 11.4. The second-order valence-corrected chi connectivity index (χ2v) is 22.0. The van der Waals surface area contributed by atoms with Gasteiger partial charge in [-0.1, -0.05) is 98.3 Å². The Hall–Kier alpha value is -9.61. The van der Waals surface area contributed by atoms with Crippen molar-refractivity contribution in [2.45, 2.75) is 172 Å². The summed E-state index contributed by atoms with van der Waals surface area (Å²) in [6, 6.07) is 34.5. The Kier molecular flexibility index (Phi) is 44.9. The summed E-state index contributed by atoms with van der Waals surface area (Å²) < 4.78 is 35.0. The van der Waals surface area contributed by atoms with Gasteiger partial charge in [-0.25, -0.2) is 38.4 Å². The summed E-state index contributed by atoms with van der Waals surface area (Å²) in [5, 5.41) is 16.7. The number of esters is 7. The number of carbonyl (C=O) groups is 10. The van der Waals surface area contributed by atoms with Gasteiger partial charge in [0.2, 0.25) is 0 Å². The maximum Gasteiger partial charge on any atom is 0.384 e. The minimum absolute atomic E-state index is 0. The lowest BCUT2D eigenvalue weighted by molar-refractivity contribution is -0.149. The van der Waals surface area contributed by atoms with Gasteiger partial charge in [0.25, 0.3) is 5.24 Å². The third kappa shape index (κ3) is 55.0. The molecule has 90 heavy (non-hydrogen) atoms. The zero-order valence-corrected chi connectivity index (χ0v) is 54.3. The molecule has 4 aromatic rings. The van der Waals surface area contributed by atoms with E-state index in [4.69, 9.17) is 66.2 Å². The minimum atomic E-state index is -1.07. The molecule has 0 aliphatic rings. The standard InChI is InChI=1S/C16H20O4.C16H18O4.C12H12O4.C9H14O3.C7H5ClO.C7H10O2.C2H4O.CH4/c2*1-12(10-11-14(17)20-16(2,3)4)19-15(18)13-8-6-5-7-9-13;1-9(7-8-11(13)14)16-12(15)10-5-3-2-4-6-10;1-7(10)5-6-8(11)12-9(2,3)4;8-7(9)6-4-2-1-3-5-6;1-5-6(8)9-7(2,3)4;1-2-3;/h5-12H,1-4H3;5-9,12H,1-4H3;2-9H,1H3,(H,13,14);7,10H,1-4H3;1-5H;1H,2-4H3;2H,1H3;1H4/b11-10-;;8-7-;;;;;. The van der Waals surface area contributed by atoms with Gasteiger partial charge < -0.3 is 48.2 Å². The van der Waals surface area contributed by atoms with E-state index >= 15 is 0 Å². The zero-order chi connectivity index (χ0) is 69.0. The number of hydrogen-bond donors (Lipinski definition) is 2. The maximum absolute atomic E-state index is 11.8. The molecule has 2 N–H and O–H groups in total. The highest BCUT2D eigenvalue weighted by atomic mass is 35.5. The van der Waals surface area contributed by atoms with Crippen LogP contribution in [0.4, 0.5) is 0 Å². The Balaban J connectivity index is -0.000000499. The van der Waals surface area contributed by atoms with Crippen LogP contribution >= 0.6 is 11.6 Å². The fraction of sp³-hybridized carbons (Fsp3) is 0.371. The Morgan fingerprint density at radius 2 is 0.767 bits per heavy atom. The molecule has 4 rings (SSSR count). The van der Waals surface area contributed by atoms with Gasteiger partial charge in [-0.3, -0.25) is 4.79 Å². The number of carboxylic acid groups (broad SMARTS) is 1. The number of aliphatic carboxylic acids is 1. The molecule has 4 atom stereocenters. The first kappa shape index (κ1) is 86.8. The number of aliphatic hydroxyl groups is 1. The van der Waals surface area contributed by atoms with Crippen molar-refractivity contribution < 1.29 is 91.3 Å². The smallest absolute Gasteiger partial charge is 0.384 e. The molecule has 0 aliphatic heterocycles. The number of aldehydes is 1. The van der Waals surface area contributed by atoms with Gasteiger partial charge in [-0.2, -0.15) is 0 Å². The predicted octanol–water partition coefficient (Wildman–Crippen LogP) is 12.2. The molecule has 19 nitrogen and oxygen atoms in total. The first-order chi connectivity index (χ1) is 41.1. The van der Waals surface area contributed by atoms with E-state index in [0.717, 1.165) is 12.4 Å². The fourth-order valence-corrected chi connectivity index (χ4v) is 5.23. The molecule has 0 heterocycles. The summed E-state index contributed by atoms with van der Waals surface area (Å²) in [5.74, 6) is 6.43. The average molecular weight is 1270 g/mol. The highest BCUT2D eigenvalue weighted by Gasteiger charge is 2.18.